The van der Waals surface area contributed by atoms with Crippen LogP contribution in [-0.4, -0.2) is 34.0 Å². The Kier molecular flexibility index (Phi) is 6.67. The minimum Gasteiger partial charge on any atom is -0.478 e. The van der Waals surface area contributed by atoms with Gasteiger partial charge >= 0.3 is 12.1 Å². The summed E-state index contributed by atoms with van der Waals surface area (Å²) in [6.45, 7) is 3.37. The highest BCUT2D eigenvalue weighted by Crippen LogP contribution is 2.33. The number of nitrogens with zero attached hydrogens (tertiary/aromatic N) is 1. The van der Waals surface area contributed by atoms with Crippen molar-refractivity contribution in [2.75, 3.05) is 6.54 Å². The van der Waals surface area contributed by atoms with E-state index in [1.807, 2.05) is 0 Å². The summed E-state index contributed by atoms with van der Waals surface area (Å²) in [5.74, 6) is -0.310. The van der Waals surface area contributed by atoms with Crippen LogP contribution in [0.5, 0.6) is 17.2 Å². The third-order valence-electron chi connectivity index (χ3n) is 5.89. The summed E-state index contributed by atoms with van der Waals surface area (Å²) in [6.07, 6.45) is -4.09. The maximum absolute atomic E-state index is 13.3. The number of hydrogen-bond donors (Lipinski definition) is 1. The van der Waals surface area contributed by atoms with Crippen molar-refractivity contribution in [1.29, 1.82) is 0 Å². The van der Waals surface area contributed by atoms with Crippen molar-refractivity contribution in [3.8, 4) is 17.2 Å². The molecule has 0 saturated heterocycles. The molecule has 1 N–H and O–H groups in total. The largest absolute Gasteiger partial charge is 0.478 e. The number of carboxylic acid groups (broad SMARTS) is 1. The average molecular weight is 499 g/mol. The molecule has 1 heterocycles. The Morgan fingerprint density at radius 2 is 1.58 bits per heavy atom. The summed E-state index contributed by atoms with van der Waals surface area (Å²) < 4.78 is 50.5. The van der Waals surface area contributed by atoms with Crippen LogP contribution in [0.3, 0.4) is 0 Å². The van der Waals surface area contributed by atoms with Gasteiger partial charge in [0.05, 0.1) is 11.1 Å². The van der Waals surface area contributed by atoms with Gasteiger partial charge in [-0.15, -0.1) is 0 Å². The minimum atomic E-state index is -4.41. The normalized spacial score (nSPS) is 13.6. The fraction of sp³-hybridized carbons (Fsp3) is 0.259. The number of halogens is 3. The van der Waals surface area contributed by atoms with Crippen molar-refractivity contribution in [2.45, 2.75) is 38.6 Å². The molecular weight excluding hydrogens is 475 g/mol. The van der Waals surface area contributed by atoms with Crippen LogP contribution in [-0.2, 0) is 23.9 Å². The molecule has 0 spiro atoms. The van der Waals surface area contributed by atoms with Gasteiger partial charge in [0.25, 0.3) is 5.91 Å². The van der Waals surface area contributed by atoms with Crippen molar-refractivity contribution in [2.24, 2.45) is 0 Å². The van der Waals surface area contributed by atoms with Gasteiger partial charge in [0.2, 0.25) is 0 Å². The lowest BCUT2D eigenvalue weighted by Gasteiger charge is -2.30. The molecule has 1 amide bonds. The number of rotatable bonds is 6. The second-order valence-corrected chi connectivity index (χ2v) is 8.95. The van der Waals surface area contributed by atoms with E-state index in [4.69, 9.17) is 9.47 Å². The zero-order valence-corrected chi connectivity index (χ0v) is 19.6. The number of fused-ring (bicyclic) bond motifs is 1. The van der Waals surface area contributed by atoms with Gasteiger partial charge in [0, 0.05) is 13.1 Å². The Labute approximate surface area is 205 Å². The monoisotopic (exact) mass is 499 g/mol. The van der Waals surface area contributed by atoms with Gasteiger partial charge in [-0.25, -0.2) is 4.79 Å². The first-order valence-corrected chi connectivity index (χ1v) is 11.2. The predicted octanol–water partition coefficient (Wildman–Crippen LogP) is 5.94. The van der Waals surface area contributed by atoms with Crippen LogP contribution >= 0.6 is 0 Å². The fourth-order valence-electron chi connectivity index (χ4n) is 3.85. The van der Waals surface area contributed by atoms with Crippen molar-refractivity contribution in [1.82, 2.24) is 4.90 Å². The molecule has 0 saturated carbocycles. The molecule has 0 radical (unpaired) electrons. The van der Waals surface area contributed by atoms with Gasteiger partial charge in [-0.05, 0) is 79.9 Å². The third-order valence-corrected chi connectivity index (χ3v) is 5.89. The van der Waals surface area contributed by atoms with Crippen molar-refractivity contribution < 1.29 is 37.3 Å². The van der Waals surface area contributed by atoms with Crippen LogP contribution in [0, 0.1) is 0 Å². The molecular formula is C27H24F3NO5. The Balaban J connectivity index is 1.49. The van der Waals surface area contributed by atoms with E-state index in [2.05, 4.69) is 0 Å². The van der Waals surface area contributed by atoms with Crippen LogP contribution in [0.1, 0.15) is 40.9 Å². The highest BCUT2D eigenvalue weighted by molar-refractivity contribution is 5.97. The van der Waals surface area contributed by atoms with Gasteiger partial charge in [0.1, 0.15) is 17.2 Å². The van der Waals surface area contributed by atoms with E-state index in [0.29, 0.717) is 40.4 Å². The van der Waals surface area contributed by atoms with Gasteiger partial charge in [0.15, 0.2) is 5.60 Å². The summed E-state index contributed by atoms with van der Waals surface area (Å²) in [7, 11) is 0. The average Bonchev–Trinajstić information content (AvgIpc) is 2.83. The Morgan fingerprint density at radius 3 is 2.25 bits per heavy atom. The van der Waals surface area contributed by atoms with Crippen LogP contribution in [0.25, 0.3) is 0 Å². The number of carbonyl (C=O) groups is 2. The van der Waals surface area contributed by atoms with E-state index < -0.39 is 23.3 Å². The van der Waals surface area contributed by atoms with Crippen molar-refractivity contribution in [3.63, 3.8) is 0 Å². The molecule has 36 heavy (non-hydrogen) atoms. The summed E-state index contributed by atoms with van der Waals surface area (Å²) in [5.41, 5.74) is -0.501. The lowest BCUT2D eigenvalue weighted by molar-refractivity contribution is -0.152. The molecule has 9 heteroatoms. The molecule has 3 aromatic rings. The maximum atomic E-state index is 13.3. The Bertz CT molecular complexity index is 1290. The lowest BCUT2D eigenvalue weighted by Crippen LogP contribution is -2.37. The molecule has 1 aliphatic rings. The second-order valence-electron chi connectivity index (χ2n) is 8.95. The van der Waals surface area contributed by atoms with Gasteiger partial charge in [-0.3, -0.25) is 4.79 Å². The standard InChI is InChI=1S/C27H24F3NO5/c1-26(2,25(33)34)36-21-11-9-20(10-12-21)35-23-6-4-3-5-22(23)24(32)31-14-13-17-15-19(27(28,29)30)8-7-18(17)16-31/h3-12,15H,13-14,16H2,1-2H3,(H,33,34). The topological polar surface area (TPSA) is 76.1 Å². The predicted molar refractivity (Wildman–Crippen MR) is 125 cm³/mol. The number of benzene rings is 3. The van der Waals surface area contributed by atoms with E-state index in [0.717, 1.165) is 12.1 Å². The number of aliphatic carboxylic acids is 1. The van der Waals surface area contributed by atoms with Crippen molar-refractivity contribution in [3.05, 3.63) is 89.0 Å². The van der Waals surface area contributed by atoms with Crippen LogP contribution in [0.4, 0.5) is 13.2 Å². The SMILES string of the molecule is CC(C)(Oc1ccc(Oc2ccccc2C(=O)N2CCc3cc(C(F)(F)F)ccc3C2)cc1)C(=O)O. The summed E-state index contributed by atoms with van der Waals surface area (Å²) in [6, 6.07) is 16.7. The number of alkyl halides is 3. The first kappa shape index (κ1) is 25.1. The Morgan fingerprint density at radius 1 is 0.917 bits per heavy atom. The number of carbonyl (C=O) groups excluding carboxylic acids is 1. The molecule has 3 aromatic carbocycles. The zero-order chi connectivity index (χ0) is 26.1. The molecule has 0 aliphatic carbocycles. The molecule has 0 bridgehead atoms. The number of amides is 1. The Hall–Kier alpha value is -4.01. The quantitative estimate of drug-likeness (QED) is 0.455. The second kappa shape index (κ2) is 9.56. The van der Waals surface area contributed by atoms with E-state index >= 15 is 0 Å². The van der Waals surface area contributed by atoms with Gasteiger partial charge in [-0.1, -0.05) is 18.2 Å². The van der Waals surface area contributed by atoms with E-state index in [1.54, 1.807) is 53.4 Å². The van der Waals surface area contributed by atoms with E-state index in [1.165, 1.54) is 19.9 Å². The molecule has 0 unspecified atom stereocenters. The summed E-state index contributed by atoms with van der Waals surface area (Å²) in [5, 5.41) is 9.21. The molecule has 1 aliphatic heterocycles. The van der Waals surface area contributed by atoms with Crippen LogP contribution < -0.4 is 9.47 Å². The molecule has 0 fully saturated rings. The molecule has 188 valence electrons. The maximum Gasteiger partial charge on any atom is 0.416 e. The summed E-state index contributed by atoms with van der Waals surface area (Å²) >= 11 is 0. The first-order valence-electron chi connectivity index (χ1n) is 11.2. The molecule has 4 rings (SSSR count). The fourth-order valence-corrected chi connectivity index (χ4v) is 3.85. The third kappa shape index (κ3) is 5.45. The smallest absolute Gasteiger partial charge is 0.416 e. The van der Waals surface area contributed by atoms with Gasteiger partial charge < -0.3 is 19.5 Å². The lowest BCUT2D eigenvalue weighted by atomic mass is 9.96. The number of para-hydroxylation sites is 1. The van der Waals surface area contributed by atoms with Crippen LogP contribution in [0.15, 0.2) is 66.7 Å². The molecule has 0 aromatic heterocycles. The first-order chi connectivity index (χ1) is 16.9. The zero-order valence-electron chi connectivity index (χ0n) is 19.6. The summed E-state index contributed by atoms with van der Waals surface area (Å²) in [4.78, 5) is 26.2. The molecule has 6 nitrogen and oxygen atoms in total. The van der Waals surface area contributed by atoms with Crippen molar-refractivity contribution >= 4 is 11.9 Å². The highest BCUT2D eigenvalue weighted by atomic mass is 19.4. The number of carboxylic acids is 1. The van der Waals surface area contributed by atoms with E-state index in [-0.39, 0.29) is 19.0 Å². The molecule has 0 atom stereocenters. The highest BCUT2D eigenvalue weighted by Gasteiger charge is 2.32. The number of hydrogen-bond acceptors (Lipinski definition) is 4. The van der Waals surface area contributed by atoms with Crippen LogP contribution in [0.2, 0.25) is 0 Å². The van der Waals surface area contributed by atoms with E-state index in [9.17, 15) is 27.9 Å². The number of ether oxygens (including phenoxy) is 2. The van der Waals surface area contributed by atoms with Gasteiger partial charge in [-0.2, -0.15) is 13.2 Å². The minimum absolute atomic E-state index is 0.200.